The minimum absolute atomic E-state index is 0.832. The third-order valence-electron chi connectivity index (χ3n) is 5.99. The zero-order chi connectivity index (χ0) is 22.5. The lowest BCUT2D eigenvalue weighted by atomic mass is 9.88. The van der Waals surface area contributed by atoms with Gasteiger partial charge in [-0.05, 0) is 96.5 Å². The molecule has 0 bridgehead atoms. The van der Waals surface area contributed by atoms with E-state index in [1.807, 2.05) is 0 Å². The van der Waals surface area contributed by atoms with Crippen LogP contribution in [0.25, 0.3) is 11.1 Å². The van der Waals surface area contributed by atoms with Crippen molar-refractivity contribution in [1.82, 2.24) is 0 Å². The summed E-state index contributed by atoms with van der Waals surface area (Å²) in [6, 6.07) is 30.1. The highest BCUT2D eigenvalue weighted by atomic mass is 14.9. The van der Waals surface area contributed by atoms with Crippen molar-refractivity contribution >= 4 is 11.4 Å². The van der Waals surface area contributed by atoms with Gasteiger partial charge in [0.05, 0.1) is 0 Å². The van der Waals surface area contributed by atoms with Gasteiger partial charge in [0.15, 0.2) is 0 Å². The van der Waals surface area contributed by atoms with Crippen LogP contribution in [-0.2, 0) is 13.1 Å². The molecule has 0 saturated carbocycles. The van der Waals surface area contributed by atoms with Gasteiger partial charge in [0.25, 0.3) is 0 Å². The first-order valence-corrected chi connectivity index (χ1v) is 11.3. The van der Waals surface area contributed by atoms with Gasteiger partial charge in [-0.25, -0.2) is 0 Å². The molecule has 0 aliphatic rings. The Bertz CT molecular complexity index is 1050. The minimum Gasteiger partial charge on any atom is -0.381 e. The second-order valence-electron chi connectivity index (χ2n) is 8.65. The first-order valence-electron chi connectivity index (χ1n) is 11.3. The Morgan fingerprint density at radius 2 is 0.781 bits per heavy atom. The van der Waals surface area contributed by atoms with Gasteiger partial charge in [-0.2, -0.15) is 0 Å². The summed E-state index contributed by atoms with van der Waals surface area (Å²) < 4.78 is 0. The fourth-order valence-corrected chi connectivity index (χ4v) is 4.52. The maximum atomic E-state index is 3.58. The van der Waals surface area contributed by atoms with Gasteiger partial charge in [-0.15, -0.1) is 0 Å². The summed E-state index contributed by atoms with van der Waals surface area (Å²) in [6.07, 6.45) is 0. The van der Waals surface area contributed by atoms with Crippen LogP contribution in [0.1, 0.15) is 33.4 Å². The van der Waals surface area contributed by atoms with Gasteiger partial charge in [0.1, 0.15) is 0 Å². The highest BCUT2D eigenvalue weighted by Crippen LogP contribution is 2.36. The van der Waals surface area contributed by atoms with Crippen LogP contribution in [0.3, 0.4) is 0 Å². The van der Waals surface area contributed by atoms with Gasteiger partial charge in [0, 0.05) is 24.5 Å². The monoisotopic (exact) mass is 420 g/mol. The highest BCUT2D eigenvalue weighted by molar-refractivity contribution is 5.80. The van der Waals surface area contributed by atoms with E-state index >= 15 is 0 Å². The van der Waals surface area contributed by atoms with Gasteiger partial charge in [-0.3, -0.25) is 0 Å². The average molecular weight is 421 g/mol. The zero-order valence-electron chi connectivity index (χ0n) is 19.5. The minimum atomic E-state index is 0.832. The van der Waals surface area contributed by atoms with Gasteiger partial charge in [0.2, 0.25) is 0 Å². The lowest BCUT2D eigenvalue weighted by Gasteiger charge is -2.19. The van der Waals surface area contributed by atoms with Crippen LogP contribution in [0.15, 0.2) is 84.9 Å². The topological polar surface area (TPSA) is 24.1 Å². The van der Waals surface area contributed by atoms with E-state index in [4.69, 9.17) is 0 Å². The molecule has 0 aromatic heterocycles. The number of hydrogen-bond donors (Lipinski definition) is 2. The van der Waals surface area contributed by atoms with Crippen LogP contribution >= 0.6 is 0 Å². The third-order valence-corrected chi connectivity index (χ3v) is 5.99. The van der Waals surface area contributed by atoms with E-state index in [2.05, 4.69) is 123 Å². The molecule has 0 aliphatic carbocycles. The summed E-state index contributed by atoms with van der Waals surface area (Å²) in [7, 11) is 0. The van der Waals surface area contributed by atoms with E-state index < -0.39 is 0 Å². The number of anilines is 2. The first-order chi connectivity index (χ1) is 15.5. The van der Waals surface area contributed by atoms with E-state index in [9.17, 15) is 0 Å². The Hall–Kier alpha value is -3.52. The maximum Gasteiger partial charge on any atom is 0.0400 e. The van der Waals surface area contributed by atoms with Crippen LogP contribution in [0.5, 0.6) is 0 Å². The third kappa shape index (κ3) is 5.03. The van der Waals surface area contributed by atoms with Crippen LogP contribution < -0.4 is 10.6 Å². The number of aryl methyl sites for hydroxylation is 4. The molecule has 0 aliphatic heterocycles. The van der Waals surface area contributed by atoms with Crippen molar-refractivity contribution in [1.29, 1.82) is 0 Å². The lowest BCUT2D eigenvalue weighted by molar-refractivity contribution is 1.14. The number of hydrogen-bond acceptors (Lipinski definition) is 2. The predicted octanol–water partition coefficient (Wildman–Crippen LogP) is 7.81. The summed E-state index contributed by atoms with van der Waals surface area (Å²) in [5, 5.41) is 7.16. The van der Waals surface area contributed by atoms with E-state index in [1.165, 1.54) is 55.9 Å². The van der Waals surface area contributed by atoms with Gasteiger partial charge in [-0.1, -0.05) is 60.7 Å². The van der Waals surface area contributed by atoms with E-state index in [0.29, 0.717) is 0 Å². The summed E-state index contributed by atoms with van der Waals surface area (Å²) in [5.74, 6) is 0. The molecular formula is C30H32N2. The second-order valence-corrected chi connectivity index (χ2v) is 8.65. The molecule has 162 valence electrons. The second kappa shape index (κ2) is 9.74. The molecule has 2 N–H and O–H groups in total. The molecule has 0 fully saturated rings. The lowest BCUT2D eigenvalue weighted by Crippen LogP contribution is -2.03. The maximum absolute atomic E-state index is 3.58. The zero-order valence-corrected chi connectivity index (χ0v) is 19.5. The summed E-state index contributed by atoms with van der Waals surface area (Å²) in [6.45, 7) is 10.5. The van der Waals surface area contributed by atoms with Crippen molar-refractivity contribution in [2.24, 2.45) is 0 Å². The van der Waals surface area contributed by atoms with Crippen LogP contribution in [0, 0.1) is 27.7 Å². The van der Waals surface area contributed by atoms with Gasteiger partial charge < -0.3 is 10.6 Å². The van der Waals surface area contributed by atoms with Crippen LogP contribution in [-0.4, -0.2) is 0 Å². The largest absolute Gasteiger partial charge is 0.381 e. The first kappa shape index (κ1) is 21.7. The van der Waals surface area contributed by atoms with Crippen molar-refractivity contribution in [2.75, 3.05) is 10.6 Å². The SMILES string of the molecule is Cc1cc(NCc2ccccc2)cc(C)c1-c1c(C)cc(NCc2ccccc2)cc1C. The van der Waals surface area contributed by atoms with Gasteiger partial charge >= 0.3 is 0 Å². The van der Waals surface area contributed by atoms with Crippen molar-refractivity contribution in [2.45, 2.75) is 40.8 Å². The molecule has 0 spiro atoms. The Kier molecular flexibility index (Phi) is 6.61. The van der Waals surface area contributed by atoms with Crippen molar-refractivity contribution in [3.05, 3.63) is 118 Å². The molecule has 0 radical (unpaired) electrons. The fraction of sp³-hybridized carbons (Fsp3) is 0.200. The van der Waals surface area contributed by atoms with Crippen LogP contribution in [0.2, 0.25) is 0 Å². The number of rotatable bonds is 7. The predicted molar refractivity (Wildman–Crippen MR) is 138 cm³/mol. The summed E-state index contributed by atoms with van der Waals surface area (Å²) in [5.41, 5.74) is 12.8. The van der Waals surface area contributed by atoms with Crippen molar-refractivity contribution in [3.63, 3.8) is 0 Å². The molecular weight excluding hydrogens is 388 g/mol. The Morgan fingerprint density at radius 1 is 0.469 bits per heavy atom. The Balaban J connectivity index is 1.55. The van der Waals surface area contributed by atoms with E-state index in [-0.39, 0.29) is 0 Å². The molecule has 0 atom stereocenters. The molecule has 0 amide bonds. The average Bonchev–Trinajstić information content (AvgIpc) is 2.79. The molecule has 0 saturated heterocycles. The fourth-order valence-electron chi connectivity index (χ4n) is 4.52. The standard InChI is InChI=1S/C30H32N2/c1-21-15-27(31-19-25-11-7-5-8-12-25)16-22(2)29(21)30-23(3)17-28(18-24(30)4)32-20-26-13-9-6-10-14-26/h5-18,31-32H,19-20H2,1-4H3. The van der Waals surface area contributed by atoms with Crippen LogP contribution in [0.4, 0.5) is 11.4 Å². The Labute approximate surface area is 192 Å². The molecule has 0 heterocycles. The molecule has 32 heavy (non-hydrogen) atoms. The van der Waals surface area contributed by atoms with E-state index in [1.54, 1.807) is 0 Å². The smallest absolute Gasteiger partial charge is 0.0400 e. The number of nitrogens with one attached hydrogen (secondary N) is 2. The molecule has 4 rings (SSSR count). The highest BCUT2D eigenvalue weighted by Gasteiger charge is 2.14. The Morgan fingerprint density at radius 3 is 1.09 bits per heavy atom. The summed E-state index contributed by atoms with van der Waals surface area (Å²) >= 11 is 0. The molecule has 0 unspecified atom stereocenters. The van der Waals surface area contributed by atoms with E-state index in [0.717, 1.165) is 13.1 Å². The number of benzene rings is 4. The van der Waals surface area contributed by atoms with Crippen molar-refractivity contribution in [3.8, 4) is 11.1 Å². The van der Waals surface area contributed by atoms with Crippen molar-refractivity contribution < 1.29 is 0 Å². The summed E-state index contributed by atoms with van der Waals surface area (Å²) in [4.78, 5) is 0. The quantitative estimate of drug-likeness (QED) is 0.318. The normalized spacial score (nSPS) is 10.8. The molecule has 4 aromatic rings. The molecule has 2 nitrogen and oxygen atoms in total. The molecule has 4 aromatic carbocycles. The molecule has 2 heteroatoms.